The van der Waals surface area contributed by atoms with E-state index in [1.54, 1.807) is 0 Å². The Morgan fingerprint density at radius 2 is 1.87 bits per heavy atom. The molecule has 0 unspecified atom stereocenters. The zero-order valence-corrected chi connectivity index (χ0v) is 16.7. The Kier molecular flexibility index (Phi) is 12.0. The first-order valence-corrected chi connectivity index (χ1v) is 12.6. The van der Waals surface area contributed by atoms with E-state index in [4.69, 9.17) is 4.55 Å². The van der Waals surface area contributed by atoms with Gasteiger partial charge in [0.1, 0.15) is 0 Å². The molecule has 0 bridgehead atoms. The van der Waals surface area contributed by atoms with Gasteiger partial charge in [-0.05, 0) is 58.8 Å². The van der Waals surface area contributed by atoms with Gasteiger partial charge in [-0.3, -0.25) is 4.55 Å². The molecule has 1 aliphatic rings. The van der Waals surface area contributed by atoms with Crippen LogP contribution in [-0.2, 0) is 10.1 Å². The maximum absolute atomic E-state index is 10.7. The molecule has 0 spiro atoms. The van der Waals surface area contributed by atoms with Crippen molar-refractivity contribution in [2.75, 3.05) is 44.7 Å². The number of nitrogens with one attached hydrogen (secondary N) is 1. The molecule has 1 rings (SSSR count). The molecule has 0 aromatic rings. The maximum atomic E-state index is 10.7. The average Bonchev–Trinajstić information content (AvgIpc) is 2.99. The highest BCUT2D eigenvalue weighted by Crippen LogP contribution is 2.39. The lowest BCUT2D eigenvalue weighted by molar-refractivity contribution is 0.338. The Balaban J connectivity index is 1.78. The summed E-state index contributed by atoms with van der Waals surface area (Å²) >= 11 is 0. The average molecular weight is 385 g/mol. The lowest BCUT2D eigenvalue weighted by Crippen LogP contribution is -2.27. The van der Waals surface area contributed by atoms with Gasteiger partial charge in [0.05, 0.1) is 5.75 Å². The molecule has 0 aliphatic carbocycles. The topological polar surface area (TPSA) is 69.6 Å². The van der Waals surface area contributed by atoms with Crippen molar-refractivity contribution in [3.63, 3.8) is 0 Å². The van der Waals surface area contributed by atoms with Crippen LogP contribution in [0.15, 0.2) is 0 Å². The lowest BCUT2D eigenvalue weighted by Gasteiger charge is -2.15. The molecule has 0 amide bonds. The Hall–Kier alpha value is 0.530. The van der Waals surface area contributed by atoms with E-state index in [0.29, 0.717) is 6.54 Å². The van der Waals surface area contributed by atoms with Crippen molar-refractivity contribution in [3.05, 3.63) is 0 Å². The van der Waals surface area contributed by atoms with Crippen LogP contribution in [0.2, 0.25) is 0 Å². The monoisotopic (exact) mass is 384 g/mol. The van der Waals surface area contributed by atoms with Gasteiger partial charge in [-0.2, -0.15) is 8.42 Å². The van der Waals surface area contributed by atoms with Gasteiger partial charge in [-0.25, -0.2) is 0 Å². The van der Waals surface area contributed by atoms with E-state index < -0.39 is 10.1 Å². The van der Waals surface area contributed by atoms with Gasteiger partial charge in [0, 0.05) is 17.5 Å². The van der Waals surface area contributed by atoms with Crippen LogP contribution in [-0.4, -0.2) is 67.9 Å². The van der Waals surface area contributed by atoms with Crippen LogP contribution in [0.1, 0.15) is 44.9 Å². The lowest BCUT2D eigenvalue weighted by atomic mass is 10.1. The van der Waals surface area contributed by atoms with Gasteiger partial charge in [-0.15, -0.1) is 0 Å². The van der Waals surface area contributed by atoms with Crippen LogP contribution in [0.25, 0.3) is 0 Å². The van der Waals surface area contributed by atoms with Crippen molar-refractivity contribution in [1.29, 1.82) is 0 Å². The first-order chi connectivity index (χ1) is 11.0. The molecule has 1 saturated heterocycles. The molecule has 8 heteroatoms. The third-order valence-corrected chi connectivity index (χ3v) is 7.69. The molecule has 0 aromatic carbocycles. The first-order valence-electron chi connectivity index (χ1n) is 8.60. The normalized spacial score (nSPS) is 18.8. The summed E-state index contributed by atoms with van der Waals surface area (Å²) in [7, 11) is 2.16. The second-order valence-corrected chi connectivity index (χ2v) is 10.6. The van der Waals surface area contributed by atoms with Gasteiger partial charge in [0.15, 0.2) is 0 Å². The summed E-state index contributed by atoms with van der Waals surface area (Å²) in [5.41, 5.74) is 0. The molecule has 5 nitrogen and oxygen atoms in total. The predicted octanol–water partition coefficient (Wildman–Crippen LogP) is 2.89. The predicted molar refractivity (Wildman–Crippen MR) is 103 cm³/mol. The van der Waals surface area contributed by atoms with Crippen molar-refractivity contribution in [1.82, 2.24) is 10.2 Å². The smallest absolute Gasteiger partial charge is 0.266 e. The second kappa shape index (κ2) is 12.8. The van der Waals surface area contributed by atoms with E-state index in [-0.39, 0.29) is 5.75 Å². The zero-order chi connectivity index (χ0) is 17.0. The molecule has 1 aliphatic heterocycles. The maximum Gasteiger partial charge on any atom is 0.266 e. The summed E-state index contributed by atoms with van der Waals surface area (Å²) in [4.78, 5) is 1.95. The number of unbranched alkanes of at least 4 members (excludes halogenated alkanes) is 3. The van der Waals surface area contributed by atoms with Crippen molar-refractivity contribution < 1.29 is 13.0 Å². The first kappa shape index (κ1) is 21.6. The number of hydrogen-bond donors (Lipinski definition) is 2. The molecule has 1 atom stereocenters. The minimum atomic E-state index is -3.83. The molecule has 0 saturated carbocycles. The summed E-state index contributed by atoms with van der Waals surface area (Å²) in [5.74, 6) is 1.15. The van der Waals surface area contributed by atoms with E-state index in [1.807, 2.05) is 22.7 Å². The minimum absolute atomic E-state index is 0.181. The summed E-state index contributed by atoms with van der Waals surface area (Å²) < 4.78 is 30.0. The number of nitrogens with zero attached hydrogens (tertiary/aromatic N) is 1. The third-order valence-electron chi connectivity index (χ3n) is 3.98. The fraction of sp³-hybridized carbons (Fsp3) is 1.00. The van der Waals surface area contributed by atoms with E-state index >= 15 is 0 Å². The molecule has 23 heavy (non-hydrogen) atoms. The molecule has 2 N–H and O–H groups in total. The fourth-order valence-electron chi connectivity index (χ4n) is 2.50. The van der Waals surface area contributed by atoms with Crippen LogP contribution in [0, 0.1) is 0 Å². The van der Waals surface area contributed by atoms with E-state index in [9.17, 15) is 8.42 Å². The quantitative estimate of drug-likeness (QED) is 0.271. The van der Waals surface area contributed by atoms with Crippen molar-refractivity contribution >= 4 is 31.7 Å². The van der Waals surface area contributed by atoms with E-state index in [2.05, 4.69) is 16.1 Å². The highest BCUT2D eigenvalue weighted by Gasteiger charge is 2.15. The van der Waals surface area contributed by atoms with Crippen molar-refractivity contribution in [2.24, 2.45) is 0 Å². The molecule has 138 valence electrons. The third kappa shape index (κ3) is 13.5. The van der Waals surface area contributed by atoms with Crippen LogP contribution >= 0.6 is 21.6 Å². The number of rotatable bonds is 14. The van der Waals surface area contributed by atoms with Crippen LogP contribution in [0.5, 0.6) is 0 Å². The summed E-state index contributed by atoms with van der Waals surface area (Å²) in [6.07, 6.45) is 8.88. The van der Waals surface area contributed by atoms with Crippen molar-refractivity contribution in [2.45, 2.75) is 50.2 Å². The molecule has 0 radical (unpaired) electrons. The van der Waals surface area contributed by atoms with Crippen LogP contribution in [0.3, 0.4) is 0 Å². The van der Waals surface area contributed by atoms with E-state index in [1.165, 1.54) is 37.9 Å². The van der Waals surface area contributed by atoms with Gasteiger partial charge in [0.25, 0.3) is 10.1 Å². The van der Waals surface area contributed by atoms with Gasteiger partial charge in [-0.1, -0.05) is 34.4 Å². The minimum Gasteiger partial charge on any atom is -0.317 e. The highest BCUT2D eigenvalue weighted by molar-refractivity contribution is 8.77. The van der Waals surface area contributed by atoms with Gasteiger partial charge >= 0.3 is 0 Å². The van der Waals surface area contributed by atoms with Gasteiger partial charge in [0.2, 0.25) is 0 Å². The highest BCUT2D eigenvalue weighted by atomic mass is 33.1. The molecule has 1 heterocycles. The van der Waals surface area contributed by atoms with Crippen LogP contribution in [0.4, 0.5) is 0 Å². The zero-order valence-electron chi connectivity index (χ0n) is 14.2. The number of hydrogen-bond acceptors (Lipinski definition) is 6. The Morgan fingerprint density at radius 1 is 1.13 bits per heavy atom. The summed E-state index contributed by atoms with van der Waals surface area (Å²) in [6.45, 7) is 3.39. The summed E-state index contributed by atoms with van der Waals surface area (Å²) in [6, 6.07) is 0. The van der Waals surface area contributed by atoms with Crippen LogP contribution < -0.4 is 5.32 Å². The SMILES string of the molecule is CN(CCCCNCCCCC[C@@H]1CCSS1)CCS(=O)(=O)O. The Labute approximate surface area is 149 Å². The van der Waals surface area contributed by atoms with E-state index in [0.717, 1.165) is 37.7 Å². The Bertz CT molecular complexity index is 387. The Morgan fingerprint density at radius 3 is 2.52 bits per heavy atom. The fourth-order valence-corrected chi connectivity index (χ4v) is 6.07. The van der Waals surface area contributed by atoms with Crippen molar-refractivity contribution in [3.8, 4) is 0 Å². The standard InChI is InChI=1S/C15H32N2O3S3/c1-17(12-14-23(18,19)20)11-6-5-10-16-9-4-2-3-7-15-8-13-21-22-15/h15-16H,2-14H2,1H3,(H,18,19,20)/t15-/m1/s1. The largest absolute Gasteiger partial charge is 0.317 e. The summed E-state index contributed by atoms with van der Waals surface area (Å²) in [5, 5.41) is 4.39. The molecule has 1 fully saturated rings. The second-order valence-electron chi connectivity index (χ2n) is 6.22. The molecule has 0 aromatic heterocycles. The molecular formula is C15H32N2O3S3. The molecular weight excluding hydrogens is 352 g/mol. The van der Waals surface area contributed by atoms with Gasteiger partial charge < -0.3 is 10.2 Å².